The van der Waals surface area contributed by atoms with Gasteiger partial charge in [-0.1, -0.05) is 0 Å². The van der Waals surface area contributed by atoms with Crippen molar-refractivity contribution in [3.63, 3.8) is 0 Å². The van der Waals surface area contributed by atoms with Crippen LogP contribution in [0.3, 0.4) is 0 Å². The number of hydrogen-bond donors (Lipinski definition) is 1. The molecule has 1 aromatic rings. The number of thiophene rings is 1. The van der Waals surface area contributed by atoms with Crippen molar-refractivity contribution in [3.05, 3.63) is 22.4 Å². The molecule has 0 aliphatic carbocycles. The van der Waals surface area contributed by atoms with Crippen LogP contribution in [0.2, 0.25) is 0 Å². The van der Waals surface area contributed by atoms with Crippen molar-refractivity contribution in [2.75, 3.05) is 14.2 Å². The van der Waals surface area contributed by atoms with Gasteiger partial charge in [-0.25, -0.2) is 0 Å². The first kappa shape index (κ1) is 10.7. The molecule has 0 saturated carbocycles. The SMILES string of the molecule is CNC(c1ccsc1)C(C)(C)OC. The predicted octanol–water partition coefficient (Wildman–Crippen LogP) is 2.43. The third kappa shape index (κ3) is 2.30. The van der Waals surface area contributed by atoms with E-state index < -0.39 is 0 Å². The van der Waals surface area contributed by atoms with Crippen molar-refractivity contribution in [3.8, 4) is 0 Å². The van der Waals surface area contributed by atoms with Gasteiger partial charge in [0.2, 0.25) is 0 Å². The van der Waals surface area contributed by atoms with E-state index in [1.807, 2.05) is 7.05 Å². The van der Waals surface area contributed by atoms with Crippen molar-refractivity contribution in [2.24, 2.45) is 0 Å². The smallest absolute Gasteiger partial charge is 0.0816 e. The summed E-state index contributed by atoms with van der Waals surface area (Å²) >= 11 is 1.71. The molecular formula is C10H17NOS. The molecule has 1 rings (SSSR count). The normalized spacial score (nSPS) is 14.5. The molecule has 0 saturated heterocycles. The predicted molar refractivity (Wildman–Crippen MR) is 57.2 cm³/mol. The van der Waals surface area contributed by atoms with Gasteiger partial charge in [0, 0.05) is 7.11 Å². The molecule has 1 unspecified atom stereocenters. The Morgan fingerprint density at radius 3 is 2.62 bits per heavy atom. The molecule has 0 fully saturated rings. The summed E-state index contributed by atoms with van der Waals surface area (Å²) in [5.41, 5.74) is 1.12. The Morgan fingerprint density at radius 2 is 2.23 bits per heavy atom. The molecule has 0 radical (unpaired) electrons. The second kappa shape index (κ2) is 4.22. The van der Waals surface area contributed by atoms with Crippen LogP contribution in [0.1, 0.15) is 25.5 Å². The summed E-state index contributed by atoms with van der Waals surface area (Å²) in [7, 11) is 3.71. The van der Waals surface area contributed by atoms with Crippen LogP contribution in [0.25, 0.3) is 0 Å². The Hall–Kier alpha value is -0.380. The molecule has 0 amide bonds. The molecule has 1 heterocycles. The van der Waals surface area contributed by atoms with E-state index in [0.29, 0.717) is 0 Å². The van der Waals surface area contributed by atoms with Crippen molar-refractivity contribution < 1.29 is 4.74 Å². The molecular weight excluding hydrogens is 182 g/mol. The Balaban J connectivity index is 2.86. The highest BCUT2D eigenvalue weighted by Gasteiger charge is 2.29. The van der Waals surface area contributed by atoms with Crippen LogP contribution < -0.4 is 5.32 Å². The quantitative estimate of drug-likeness (QED) is 0.804. The molecule has 1 atom stereocenters. The summed E-state index contributed by atoms with van der Waals surface area (Å²) in [5, 5.41) is 7.52. The number of rotatable bonds is 4. The molecule has 1 aromatic heterocycles. The van der Waals surface area contributed by atoms with E-state index in [0.717, 1.165) is 0 Å². The van der Waals surface area contributed by atoms with E-state index in [1.165, 1.54) is 5.56 Å². The molecule has 0 spiro atoms. The summed E-state index contributed by atoms with van der Waals surface area (Å²) in [5.74, 6) is 0. The lowest BCUT2D eigenvalue weighted by atomic mass is 9.94. The monoisotopic (exact) mass is 199 g/mol. The van der Waals surface area contributed by atoms with E-state index >= 15 is 0 Å². The minimum Gasteiger partial charge on any atom is -0.377 e. The Kier molecular flexibility index (Phi) is 3.47. The first-order valence-corrected chi connectivity index (χ1v) is 5.30. The zero-order valence-electron chi connectivity index (χ0n) is 8.63. The van der Waals surface area contributed by atoms with Gasteiger partial charge in [0.15, 0.2) is 0 Å². The second-order valence-electron chi connectivity index (χ2n) is 3.59. The minimum atomic E-state index is -0.171. The van der Waals surface area contributed by atoms with E-state index in [9.17, 15) is 0 Å². The Labute approximate surface area is 83.9 Å². The number of nitrogens with one attached hydrogen (secondary N) is 1. The standard InChI is InChI=1S/C10H17NOS/c1-10(2,12-4)9(11-3)8-5-6-13-7-8/h5-7,9,11H,1-4H3. The number of ether oxygens (including phenoxy) is 1. The van der Waals surface area contributed by atoms with Gasteiger partial charge in [0.25, 0.3) is 0 Å². The van der Waals surface area contributed by atoms with Crippen molar-refractivity contribution in [2.45, 2.75) is 25.5 Å². The second-order valence-corrected chi connectivity index (χ2v) is 4.37. The highest BCUT2D eigenvalue weighted by Crippen LogP contribution is 2.29. The summed E-state index contributed by atoms with van der Waals surface area (Å²) in [6.07, 6.45) is 0. The van der Waals surface area contributed by atoms with Crippen molar-refractivity contribution in [1.82, 2.24) is 5.32 Å². The summed E-state index contributed by atoms with van der Waals surface area (Å²) < 4.78 is 5.46. The van der Waals surface area contributed by atoms with E-state index in [2.05, 4.69) is 36.0 Å². The Morgan fingerprint density at radius 1 is 1.54 bits per heavy atom. The molecule has 3 heteroatoms. The van der Waals surface area contributed by atoms with Gasteiger partial charge in [-0.2, -0.15) is 11.3 Å². The lowest BCUT2D eigenvalue weighted by molar-refractivity contribution is -0.00887. The van der Waals surface area contributed by atoms with Crippen molar-refractivity contribution in [1.29, 1.82) is 0 Å². The Bertz CT molecular complexity index is 243. The average Bonchev–Trinajstić information content (AvgIpc) is 2.58. The van der Waals surface area contributed by atoms with Crippen LogP contribution in [-0.4, -0.2) is 19.8 Å². The van der Waals surface area contributed by atoms with Gasteiger partial charge >= 0.3 is 0 Å². The lowest BCUT2D eigenvalue weighted by Gasteiger charge is -2.32. The number of methoxy groups -OCH3 is 1. The fourth-order valence-corrected chi connectivity index (χ4v) is 2.16. The summed E-state index contributed by atoms with van der Waals surface area (Å²) in [6.45, 7) is 4.18. The number of likely N-dealkylation sites (N-methyl/N-ethyl adjacent to an activating group) is 1. The molecule has 13 heavy (non-hydrogen) atoms. The molecule has 0 aliphatic heterocycles. The van der Waals surface area contributed by atoms with Crippen molar-refractivity contribution >= 4 is 11.3 Å². The zero-order valence-corrected chi connectivity index (χ0v) is 9.44. The third-order valence-corrected chi connectivity index (χ3v) is 3.09. The third-order valence-electron chi connectivity index (χ3n) is 2.39. The van der Waals surface area contributed by atoms with Gasteiger partial charge in [-0.05, 0) is 43.3 Å². The zero-order chi connectivity index (χ0) is 9.90. The molecule has 0 bridgehead atoms. The molecule has 2 nitrogen and oxygen atoms in total. The van der Waals surface area contributed by atoms with Crippen LogP contribution in [0.15, 0.2) is 16.8 Å². The summed E-state index contributed by atoms with van der Waals surface area (Å²) in [4.78, 5) is 0. The largest absolute Gasteiger partial charge is 0.377 e. The summed E-state index contributed by atoms with van der Waals surface area (Å²) in [6, 6.07) is 2.39. The van der Waals surface area contributed by atoms with Crippen LogP contribution in [0, 0.1) is 0 Å². The lowest BCUT2D eigenvalue weighted by Crippen LogP contribution is -2.38. The van der Waals surface area contributed by atoms with Gasteiger partial charge in [0.1, 0.15) is 0 Å². The van der Waals surface area contributed by atoms with Gasteiger partial charge < -0.3 is 10.1 Å². The van der Waals surface area contributed by atoms with Crippen LogP contribution in [0.4, 0.5) is 0 Å². The van der Waals surface area contributed by atoms with E-state index in [-0.39, 0.29) is 11.6 Å². The fraction of sp³-hybridized carbons (Fsp3) is 0.600. The maximum absolute atomic E-state index is 5.46. The van der Waals surface area contributed by atoms with E-state index in [1.54, 1.807) is 18.4 Å². The highest BCUT2D eigenvalue weighted by atomic mass is 32.1. The fourth-order valence-electron chi connectivity index (χ4n) is 1.47. The molecule has 0 aliphatic rings. The highest BCUT2D eigenvalue weighted by molar-refractivity contribution is 7.07. The first-order chi connectivity index (χ1) is 6.11. The molecule has 1 N–H and O–H groups in total. The topological polar surface area (TPSA) is 21.3 Å². The van der Waals surface area contributed by atoms with Crippen LogP contribution in [-0.2, 0) is 4.74 Å². The van der Waals surface area contributed by atoms with E-state index in [4.69, 9.17) is 4.74 Å². The number of hydrogen-bond acceptors (Lipinski definition) is 3. The molecule has 0 aromatic carbocycles. The minimum absolute atomic E-state index is 0.171. The van der Waals surface area contributed by atoms with Crippen LogP contribution in [0.5, 0.6) is 0 Å². The average molecular weight is 199 g/mol. The maximum atomic E-state index is 5.46. The first-order valence-electron chi connectivity index (χ1n) is 4.36. The van der Waals surface area contributed by atoms with Gasteiger partial charge in [-0.3, -0.25) is 0 Å². The van der Waals surface area contributed by atoms with Crippen LogP contribution >= 0.6 is 11.3 Å². The van der Waals surface area contributed by atoms with Gasteiger partial charge in [-0.15, -0.1) is 0 Å². The maximum Gasteiger partial charge on any atom is 0.0816 e. The van der Waals surface area contributed by atoms with Gasteiger partial charge in [0.05, 0.1) is 11.6 Å². The molecule has 74 valence electrons.